The van der Waals surface area contributed by atoms with Gasteiger partial charge in [-0.25, -0.2) is 0 Å². The number of nitrogens with one attached hydrogen (secondary N) is 1. The third-order valence-corrected chi connectivity index (χ3v) is 4.13. The first-order valence-electron chi connectivity index (χ1n) is 7.65. The lowest BCUT2D eigenvalue weighted by atomic mass is 9.94. The molecule has 0 radical (unpaired) electrons. The van der Waals surface area contributed by atoms with Crippen LogP contribution in [0.1, 0.15) is 52.9 Å². The van der Waals surface area contributed by atoms with E-state index in [1.165, 1.54) is 12.8 Å². The highest BCUT2D eigenvalue weighted by atomic mass is 16.2. The van der Waals surface area contributed by atoms with Crippen molar-refractivity contribution in [2.45, 2.75) is 52.9 Å². The smallest absolute Gasteiger partial charge is 0.222 e. The highest BCUT2D eigenvalue weighted by Gasteiger charge is 2.18. The molecule has 0 bridgehead atoms. The first-order chi connectivity index (χ1) is 8.67. The second kappa shape index (κ2) is 8.52. The molecule has 0 aliphatic carbocycles. The normalized spacial score (nSPS) is 21.6. The van der Waals surface area contributed by atoms with E-state index < -0.39 is 0 Å². The topological polar surface area (TPSA) is 32.3 Å². The predicted octanol–water partition coefficient (Wildman–Crippen LogP) is 2.66. The molecule has 0 spiro atoms. The van der Waals surface area contributed by atoms with E-state index in [9.17, 15) is 4.79 Å². The quantitative estimate of drug-likeness (QED) is 0.757. The summed E-state index contributed by atoms with van der Waals surface area (Å²) in [5.74, 6) is 1.68. The first-order valence-corrected chi connectivity index (χ1v) is 7.65. The Balaban J connectivity index is 2.27. The Kier molecular flexibility index (Phi) is 7.33. The van der Waals surface area contributed by atoms with E-state index in [0.717, 1.165) is 45.4 Å². The number of carbonyl (C=O) groups is 1. The van der Waals surface area contributed by atoms with E-state index >= 15 is 0 Å². The number of rotatable bonds is 7. The third-order valence-electron chi connectivity index (χ3n) is 4.13. The molecule has 3 nitrogen and oxygen atoms in total. The Morgan fingerprint density at radius 3 is 2.78 bits per heavy atom. The van der Waals surface area contributed by atoms with E-state index in [2.05, 4.69) is 26.1 Å². The maximum absolute atomic E-state index is 12.2. The minimum Gasteiger partial charge on any atom is -0.343 e. The molecule has 0 aromatic rings. The highest BCUT2D eigenvalue weighted by Crippen LogP contribution is 2.17. The predicted molar refractivity (Wildman–Crippen MR) is 76.5 cm³/mol. The highest BCUT2D eigenvalue weighted by molar-refractivity contribution is 5.76. The summed E-state index contributed by atoms with van der Waals surface area (Å²) in [7, 11) is 0. The molecular weight excluding hydrogens is 224 g/mol. The summed E-state index contributed by atoms with van der Waals surface area (Å²) in [6, 6.07) is 0. The molecule has 2 atom stereocenters. The van der Waals surface area contributed by atoms with Gasteiger partial charge in [-0.2, -0.15) is 0 Å². The second-order valence-electron chi connectivity index (χ2n) is 5.70. The van der Waals surface area contributed by atoms with Gasteiger partial charge < -0.3 is 10.2 Å². The average Bonchev–Trinajstić information content (AvgIpc) is 2.42. The molecule has 18 heavy (non-hydrogen) atoms. The summed E-state index contributed by atoms with van der Waals surface area (Å²) >= 11 is 0. The van der Waals surface area contributed by atoms with Gasteiger partial charge in [0.05, 0.1) is 0 Å². The third kappa shape index (κ3) is 5.38. The van der Waals surface area contributed by atoms with E-state index in [-0.39, 0.29) is 0 Å². The van der Waals surface area contributed by atoms with Gasteiger partial charge in [0.1, 0.15) is 0 Å². The lowest BCUT2D eigenvalue weighted by Gasteiger charge is -2.26. The number of nitrogens with zero attached hydrogens (tertiary/aromatic N) is 1. The maximum Gasteiger partial charge on any atom is 0.222 e. The van der Waals surface area contributed by atoms with Crippen molar-refractivity contribution in [2.24, 2.45) is 11.8 Å². The van der Waals surface area contributed by atoms with Gasteiger partial charge in [-0.3, -0.25) is 4.79 Å². The second-order valence-corrected chi connectivity index (χ2v) is 5.70. The molecule has 106 valence electrons. The molecule has 0 aromatic heterocycles. The van der Waals surface area contributed by atoms with Gasteiger partial charge in [0, 0.05) is 19.5 Å². The standard InChI is InChI=1S/C15H30N2O/c1-4-13(3)12-17(5-2)15(18)9-8-14-7-6-10-16-11-14/h13-14,16H,4-12H2,1-3H3. The maximum atomic E-state index is 12.2. The summed E-state index contributed by atoms with van der Waals surface area (Å²) in [5.41, 5.74) is 0. The Labute approximate surface area is 112 Å². The lowest BCUT2D eigenvalue weighted by molar-refractivity contribution is -0.131. The van der Waals surface area contributed by atoms with Crippen LogP contribution in [0.15, 0.2) is 0 Å². The van der Waals surface area contributed by atoms with E-state index in [1.54, 1.807) is 0 Å². The summed E-state index contributed by atoms with van der Waals surface area (Å²) in [6.45, 7) is 10.5. The zero-order valence-electron chi connectivity index (χ0n) is 12.4. The Hall–Kier alpha value is -0.570. The molecule has 1 fully saturated rings. The zero-order valence-corrected chi connectivity index (χ0v) is 12.4. The molecule has 1 heterocycles. The number of hydrogen-bond acceptors (Lipinski definition) is 2. The van der Waals surface area contributed by atoms with Crippen molar-refractivity contribution in [1.29, 1.82) is 0 Å². The molecule has 1 rings (SSSR count). The van der Waals surface area contributed by atoms with Crippen LogP contribution >= 0.6 is 0 Å². The fraction of sp³-hybridized carbons (Fsp3) is 0.933. The van der Waals surface area contributed by atoms with Gasteiger partial charge in [0.25, 0.3) is 0 Å². The van der Waals surface area contributed by atoms with Gasteiger partial charge in [0.15, 0.2) is 0 Å². The van der Waals surface area contributed by atoms with E-state index in [1.807, 2.05) is 4.90 Å². The SMILES string of the molecule is CCC(C)CN(CC)C(=O)CCC1CCCNC1. The van der Waals surface area contributed by atoms with Crippen LogP contribution in [0.5, 0.6) is 0 Å². The molecule has 3 heteroatoms. The Bertz CT molecular complexity index is 237. The molecule has 0 aromatic carbocycles. The molecule has 1 N–H and O–H groups in total. The minimum atomic E-state index is 0.350. The van der Waals surface area contributed by atoms with E-state index in [0.29, 0.717) is 17.7 Å². The monoisotopic (exact) mass is 254 g/mol. The molecular formula is C15H30N2O. The Morgan fingerprint density at radius 1 is 1.44 bits per heavy atom. The summed E-state index contributed by atoms with van der Waals surface area (Å²) in [6.07, 6.45) is 5.50. The van der Waals surface area contributed by atoms with Crippen LogP contribution in [0.2, 0.25) is 0 Å². The number of carbonyl (C=O) groups excluding carboxylic acids is 1. The number of amides is 1. The molecule has 1 aliphatic rings. The molecule has 1 aliphatic heterocycles. The van der Waals surface area contributed by atoms with Gasteiger partial charge >= 0.3 is 0 Å². The fourth-order valence-corrected chi connectivity index (χ4v) is 2.57. The lowest BCUT2D eigenvalue weighted by Crippen LogP contribution is -2.35. The van der Waals surface area contributed by atoms with Crippen molar-refractivity contribution in [3.63, 3.8) is 0 Å². The molecule has 1 saturated heterocycles. The summed E-state index contributed by atoms with van der Waals surface area (Å²) in [5, 5.41) is 3.42. The number of hydrogen-bond donors (Lipinski definition) is 1. The van der Waals surface area contributed by atoms with Crippen LogP contribution in [-0.4, -0.2) is 37.0 Å². The van der Waals surface area contributed by atoms with Crippen LogP contribution in [0.25, 0.3) is 0 Å². The molecule has 1 amide bonds. The van der Waals surface area contributed by atoms with Crippen molar-refractivity contribution in [3.05, 3.63) is 0 Å². The summed E-state index contributed by atoms with van der Waals surface area (Å²) in [4.78, 5) is 14.2. The summed E-state index contributed by atoms with van der Waals surface area (Å²) < 4.78 is 0. The van der Waals surface area contributed by atoms with Crippen molar-refractivity contribution in [3.8, 4) is 0 Å². The van der Waals surface area contributed by atoms with Gasteiger partial charge in [-0.05, 0) is 51.1 Å². The van der Waals surface area contributed by atoms with Crippen molar-refractivity contribution >= 4 is 5.91 Å². The molecule has 2 unspecified atom stereocenters. The minimum absolute atomic E-state index is 0.350. The van der Waals surface area contributed by atoms with Crippen molar-refractivity contribution in [2.75, 3.05) is 26.2 Å². The van der Waals surface area contributed by atoms with Crippen molar-refractivity contribution < 1.29 is 4.79 Å². The first kappa shape index (κ1) is 15.5. The van der Waals surface area contributed by atoms with Crippen LogP contribution in [-0.2, 0) is 4.79 Å². The van der Waals surface area contributed by atoms with E-state index in [4.69, 9.17) is 0 Å². The number of piperidine rings is 1. The largest absolute Gasteiger partial charge is 0.343 e. The van der Waals surface area contributed by atoms with Gasteiger partial charge in [0.2, 0.25) is 5.91 Å². The van der Waals surface area contributed by atoms with Crippen molar-refractivity contribution in [1.82, 2.24) is 10.2 Å². The van der Waals surface area contributed by atoms with Crippen LogP contribution < -0.4 is 5.32 Å². The molecule has 0 saturated carbocycles. The fourth-order valence-electron chi connectivity index (χ4n) is 2.57. The van der Waals surface area contributed by atoms with Gasteiger partial charge in [-0.1, -0.05) is 20.3 Å². The Morgan fingerprint density at radius 2 is 2.22 bits per heavy atom. The van der Waals surface area contributed by atoms with Gasteiger partial charge in [-0.15, -0.1) is 0 Å². The van der Waals surface area contributed by atoms with Crippen LogP contribution in [0, 0.1) is 11.8 Å². The van der Waals surface area contributed by atoms with Crippen LogP contribution in [0.4, 0.5) is 0 Å². The van der Waals surface area contributed by atoms with Crippen LogP contribution in [0.3, 0.4) is 0 Å². The zero-order chi connectivity index (χ0) is 13.4. The average molecular weight is 254 g/mol.